The third kappa shape index (κ3) is 2.73. The van der Waals surface area contributed by atoms with Gasteiger partial charge in [-0.3, -0.25) is 10.1 Å². The summed E-state index contributed by atoms with van der Waals surface area (Å²) in [7, 11) is 0. The molecule has 0 fully saturated rings. The van der Waals surface area contributed by atoms with Gasteiger partial charge in [-0.1, -0.05) is 6.92 Å². The molecule has 0 spiro atoms. The highest BCUT2D eigenvalue weighted by Crippen LogP contribution is 2.23. The first-order chi connectivity index (χ1) is 8.63. The lowest BCUT2D eigenvalue weighted by Gasteiger charge is -1.97. The minimum Gasteiger partial charge on any atom is -0.455 e. The standard InChI is InChI=1S/C12H13ClN2O2S/c1-3-9-7(2)18-12(14-9)15-11(16)10-5-4-8(6-13)17-10/h4-5H,3,6H2,1-2H3,(H,14,15,16). The lowest BCUT2D eigenvalue weighted by molar-refractivity contribution is 0.0995. The Kier molecular flexibility index (Phi) is 4.04. The van der Waals surface area contributed by atoms with E-state index in [9.17, 15) is 4.79 Å². The van der Waals surface area contributed by atoms with Crippen LogP contribution in [0.3, 0.4) is 0 Å². The number of aryl methyl sites for hydroxylation is 2. The molecular formula is C12H13ClN2O2S. The summed E-state index contributed by atoms with van der Waals surface area (Å²) in [5.74, 6) is 0.773. The molecule has 0 radical (unpaired) electrons. The highest BCUT2D eigenvalue weighted by atomic mass is 35.5. The Balaban J connectivity index is 2.10. The number of nitrogens with one attached hydrogen (secondary N) is 1. The van der Waals surface area contributed by atoms with E-state index < -0.39 is 0 Å². The highest BCUT2D eigenvalue weighted by molar-refractivity contribution is 7.15. The molecule has 0 atom stereocenters. The lowest BCUT2D eigenvalue weighted by Crippen LogP contribution is -2.10. The van der Waals surface area contributed by atoms with Crippen molar-refractivity contribution in [2.75, 3.05) is 5.32 Å². The van der Waals surface area contributed by atoms with E-state index in [1.165, 1.54) is 11.3 Å². The maximum atomic E-state index is 11.9. The number of hydrogen-bond donors (Lipinski definition) is 1. The van der Waals surface area contributed by atoms with Crippen LogP contribution >= 0.6 is 22.9 Å². The molecule has 4 nitrogen and oxygen atoms in total. The average molecular weight is 285 g/mol. The van der Waals surface area contributed by atoms with Crippen molar-refractivity contribution in [2.24, 2.45) is 0 Å². The van der Waals surface area contributed by atoms with Gasteiger partial charge in [0.15, 0.2) is 10.9 Å². The predicted octanol–water partition coefficient (Wildman–Crippen LogP) is 3.60. The summed E-state index contributed by atoms with van der Waals surface area (Å²) >= 11 is 7.08. The fraction of sp³-hybridized carbons (Fsp3) is 0.333. The number of rotatable bonds is 4. The van der Waals surface area contributed by atoms with Crippen molar-refractivity contribution in [3.05, 3.63) is 34.2 Å². The van der Waals surface area contributed by atoms with Crippen LogP contribution in [0, 0.1) is 6.92 Å². The first kappa shape index (κ1) is 13.1. The predicted molar refractivity (Wildman–Crippen MR) is 72.4 cm³/mol. The number of amides is 1. The Morgan fingerprint density at radius 1 is 1.56 bits per heavy atom. The van der Waals surface area contributed by atoms with E-state index in [1.807, 2.05) is 13.8 Å². The van der Waals surface area contributed by atoms with Crippen molar-refractivity contribution in [1.82, 2.24) is 4.98 Å². The molecule has 0 saturated carbocycles. The van der Waals surface area contributed by atoms with E-state index in [0.29, 0.717) is 10.9 Å². The van der Waals surface area contributed by atoms with Crippen molar-refractivity contribution in [1.29, 1.82) is 0 Å². The molecule has 2 rings (SSSR count). The zero-order valence-corrected chi connectivity index (χ0v) is 11.7. The molecule has 0 aliphatic rings. The van der Waals surface area contributed by atoms with Crippen LogP contribution < -0.4 is 5.32 Å². The van der Waals surface area contributed by atoms with Crippen LogP contribution in [0.15, 0.2) is 16.5 Å². The topological polar surface area (TPSA) is 55.1 Å². The van der Waals surface area contributed by atoms with Crippen molar-refractivity contribution in [3.63, 3.8) is 0 Å². The van der Waals surface area contributed by atoms with Gasteiger partial charge in [0.1, 0.15) is 5.76 Å². The minimum absolute atomic E-state index is 0.247. The molecule has 1 amide bonds. The Morgan fingerprint density at radius 3 is 2.89 bits per heavy atom. The SMILES string of the molecule is CCc1nc(NC(=O)c2ccc(CCl)o2)sc1C. The van der Waals surface area contributed by atoms with Gasteiger partial charge < -0.3 is 4.42 Å². The number of carbonyl (C=O) groups is 1. The zero-order chi connectivity index (χ0) is 13.1. The molecule has 2 heterocycles. The number of carbonyl (C=O) groups excluding carboxylic acids is 1. The second-order valence-electron chi connectivity index (χ2n) is 3.73. The van der Waals surface area contributed by atoms with E-state index in [0.717, 1.165) is 17.0 Å². The Labute approximate surface area is 114 Å². The number of aromatic nitrogens is 1. The van der Waals surface area contributed by atoms with Crippen LogP contribution in [-0.4, -0.2) is 10.9 Å². The molecule has 6 heteroatoms. The van der Waals surface area contributed by atoms with Gasteiger partial charge in [0.25, 0.3) is 5.91 Å². The second-order valence-corrected chi connectivity index (χ2v) is 5.20. The van der Waals surface area contributed by atoms with E-state index >= 15 is 0 Å². The third-order valence-electron chi connectivity index (χ3n) is 2.47. The van der Waals surface area contributed by atoms with Gasteiger partial charge in [0, 0.05) is 4.88 Å². The summed E-state index contributed by atoms with van der Waals surface area (Å²) in [4.78, 5) is 17.3. The maximum Gasteiger partial charge on any atom is 0.293 e. The number of thiazole rings is 1. The summed E-state index contributed by atoms with van der Waals surface area (Å²) in [6.07, 6.45) is 0.856. The average Bonchev–Trinajstić information content (AvgIpc) is 2.95. The Hall–Kier alpha value is -1.33. The second kappa shape index (κ2) is 5.54. The highest BCUT2D eigenvalue weighted by Gasteiger charge is 2.14. The maximum absolute atomic E-state index is 11.9. The number of alkyl halides is 1. The summed E-state index contributed by atoms with van der Waals surface area (Å²) in [6, 6.07) is 3.29. The molecule has 0 unspecified atom stereocenters. The van der Waals surface area contributed by atoms with Gasteiger partial charge in [-0.25, -0.2) is 4.98 Å². The summed E-state index contributed by atoms with van der Waals surface area (Å²) < 4.78 is 5.26. The first-order valence-electron chi connectivity index (χ1n) is 5.56. The molecule has 18 heavy (non-hydrogen) atoms. The van der Waals surface area contributed by atoms with Crippen LogP contribution in [0.2, 0.25) is 0 Å². The summed E-state index contributed by atoms with van der Waals surface area (Å²) in [5.41, 5.74) is 1.01. The monoisotopic (exact) mass is 284 g/mol. The molecule has 0 bridgehead atoms. The van der Waals surface area contributed by atoms with Crippen LogP contribution in [-0.2, 0) is 12.3 Å². The number of halogens is 1. The number of hydrogen-bond acceptors (Lipinski definition) is 4. The van der Waals surface area contributed by atoms with E-state index in [4.69, 9.17) is 16.0 Å². The van der Waals surface area contributed by atoms with Gasteiger partial charge in [-0.05, 0) is 25.5 Å². The van der Waals surface area contributed by atoms with Crippen molar-refractivity contribution in [3.8, 4) is 0 Å². The van der Waals surface area contributed by atoms with E-state index in [-0.39, 0.29) is 17.5 Å². The van der Waals surface area contributed by atoms with Gasteiger partial charge >= 0.3 is 0 Å². The van der Waals surface area contributed by atoms with Crippen molar-refractivity contribution < 1.29 is 9.21 Å². The summed E-state index contributed by atoms with van der Waals surface area (Å²) in [6.45, 7) is 4.03. The van der Waals surface area contributed by atoms with Crippen LogP contribution in [0.5, 0.6) is 0 Å². The first-order valence-corrected chi connectivity index (χ1v) is 6.91. The Bertz CT molecular complexity index is 562. The van der Waals surface area contributed by atoms with E-state index in [1.54, 1.807) is 12.1 Å². The molecule has 1 N–H and O–H groups in total. The fourth-order valence-electron chi connectivity index (χ4n) is 1.54. The smallest absolute Gasteiger partial charge is 0.293 e. The van der Waals surface area contributed by atoms with Crippen molar-refractivity contribution in [2.45, 2.75) is 26.1 Å². The fourth-order valence-corrected chi connectivity index (χ4v) is 2.58. The number of anilines is 1. The molecule has 0 aromatic carbocycles. The third-order valence-corrected chi connectivity index (χ3v) is 3.66. The van der Waals surface area contributed by atoms with Gasteiger partial charge in [0.05, 0.1) is 11.6 Å². The normalized spacial score (nSPS) is 10.6. The largest absolute Gasteiger partial charge is 0.455 e. The van der Waals surface area contributed by atoms with Crippen LogP contribution in [0.25, 0.3) is 0 Å². The molecule has 2 aromatic rings. The Morgan fingerprint density at radius 2 is 2.33 bits per heavy atom. The molecule has 0 aliphatic carbocycles. The molecule has 0 aliphatic heterocycles. The minimum atomic E-state index is -0.303. The number of furan rings is 1. The molecule has 96 valence electrons. The summed E-state index contributed by atoms with van der Waals surface area (Å²) in [5, 5.41) is 3.32. The van der Waals surface area contributed by atoms with Gasteiger partial charge in [0.2, 0.25) is 0 Å². The van der Waals surface area contributed by atoms with Crippen LogP contribution in [0.4, 0.5) is 5.13 Å². The quantitative estimate of drug-likeness (QED) is 0.873. The molecule has 2 aromatic heterocycles. The van der Waals surface area contributed by atoms with E-state index in [2.05, 4.69) is 10.3 Å². The van der Waals surface area contributed by atoms with Crippen molar-refractivity contribution >= 4 is 34.0 Å². The zero-order valence-electron chi connectivity index (χ0n) is 10.1. The molecule has 0 saturated heterocycles. The van der Waals surface area contributed by atoms with Crippen LogP contribution in [0.1, 0.15) is 33.8 Å². The molecular weight excluding hydrogens is 272 g/mol. The van der Waals surface area contributed by atoms with Gasteiger partial charge in [-0.15, -0.1) is 22.9 Å². The number of nitrogens with zero attached hydrogens (tertiary/aromatic N) is 1. The van der Waals surface area contributed by atoms with Gasteiger partial charge in [-0.2, -0.15) is 0 Å². The lowest BCUT2D eigenvalue weighted by atomic mass is 10.3.